The number of benzene rings is 2. The van der Waals surface area contributed by atoms with Gasteiger partial charge in [0.25, 0.3) is 5.91 Å². The van der Waals surface area contributed by atoms with E-state index < -0.39 is 0 Å². The molecule has 0 aliphatic carbocycles. The third-order valence-corrected chi connectivity index (χ3v) is 6.38. The summed E-state index contributed by atoms with van der Waals surface area (Å²) in [7, 11) is 0. The van der Waals surface area contributed by atoms with Gasteiger partial charge in [-0.1, -0.05) is 32.9 Å². The van der Waals surface area contributed by atoms with Crippen molar-refractivity contribution >= 4 is 22.4 Å². The lowest BCUT2D eigenvalue weighted by Gasteiger charge is -2.24. The van der Waals surface area contributed by atoms with Gasteiger partial charge in [-0.3, -0.25) is 9.69 Å². The number of amides is 1. The molecule has 0 bridgehead atoms. The maximum absolute atomic E-state index is 13.5. The Morgan fingerprint density at radius 1 is 1.16 bits per heavy atom. The smallest absolute Gasteiger partial charge is 0.260 e. The predicted molar refractivity (Wildman–Crippen MR) is 123 cm³/mol. The normalized spacial score (nSPS) is 16.5. The van der Waals surface area contributed by atoms with Crippen LogP contribution in [0.15, 0.2) is 53.9 Å². The summed E-state index contributed by atoms with van der Waals surface area (Å²) < 4.78 is 19.1. The minimum absolute atomic E-state index is 0.0102. The molecule has 0 saturated carbocycles. The van der Waals surface area contributed by atoms with Crippen molar-refractivity contribution in [3.8, 4) is 11.3 Å². The highest BCUT2D eigenvalue weighted by molar-refractivity contribution is 7.14. The molecule has 1 fully saturated rings. The second-order valence-corrected chi connectivity index (χ2v) is 9.74. The average Bonchev–Trinajstić information content (AvgIpc) is 3.44. The number of halogens is 1. The third kappa shape index (κ3) is 5.02. The molecule has 1 saturated heterocycles. The van der Waals surface area contributed by atoms with Gasteiger partial charge in [-0.25, -0.2) is 9.37 Å². The molecular weight excluding hydrogens is 411 g/mol. The molecular formula is C25H27FN2O2S. The number of carbonyl (C=O) groups is 1. The van der Waals surface area contributed by atoms with E-state index in [0.717, 1.165) is 30.7 Å². The van der Waals surface area contributed by atoms with Crippen LogP contribution in [0.2, 0.25) is 0 Å². The van der Waals surface area contributed by atoms with Gasteiger partial charge >= 0.3 is 0 Å². The highest BCUT2D eigenvalue weighted by atomic mass is 32.1. The maximum Gasteiger partial charge on any atom is 0.260 e. The minimum Gasteiger partial charge on any atom is -0.376 e. The average molecular weight is 439 g/mol. The van der Waals surface area contributed by atoms with Gasteiger partial charge in [-0.2, -0.15) is 0 Å². The first-order valence-corrected chi connectivity index (χ1v) is 11.4. The number of rotatable bonds is 5. The second-order valence-electron chi connectivity index (χ2n) is 8.90. The molecule has 1 aliphatic rings. The van der Waals surface area contributed by atoms with E-state index in [1.807, 2.05) is 29.6 Å². The molecule has 2 heterocycles. The number of carbonyl (C=O) groups excluding carboxylic acids is 1. The highest BCUT2D eigenvalue weighted by Gasteiger charge is 2.27. The molecule has 1 aliphatic heterocycles. The third-order valence-electron chi connectivity index (χ3n) is 5.52. The summed E-state index contributed by atoms with van der Waals surface area (Å²) in [6.45, 7) is 7.65. The first-order valence-electron chi connectivity index (χ1n) is 10.6. The summed E-state index contributed by atoms with van der Waals surface area (Å²) in [6.07, 6.45) is 1.95. The number of hydrogen-bond donors (Lipinski definition) is 0. The largest absolute Gasteiger partial charge is 0.376 e. The Balaban J connectivity index is 1.62. The number of nitrogens with zero attached hydrogens (tertiary/aromatic N) is 2. The Morgan fingerprint density at radius 3 is 2.48 bits per heavy atom. The van der Waals surface area contributed by atoms with Crippen LogP contribution in [0.3, 0.4) is 0 Å². The molecule has 31 heavy (non-hydrogen) atoms. The van der Waals surface area contributed by atoms with Crippen molar-refractivity contribution in [1.29, 1.82) is 0 Å². The van der Waals surface area contributed by atoms with Crippen molar-refractivity contribution in [1.82, 2.24) is 4.98 Å². The van der Waals surface area contributed by atoms with Crippen LogP contribution in [-0.4, -0.2) is 30.1 Å². The molecule has 4 rings (SSSR count). The summed E-state index contributed by atoms with van der Waals surface area (Å²) in [5, 5.41) is 2.53. The quantitative estimate of drug-likeness (QED) is 0.485. The first-order chi connectivity index (χ1) is 14.8. The summed E-state index contributed by atoms with van der Waals surface area (Å²) in [5.41, 5.74) is 3.39. The van der Waals surface area contributed by atoms with E-state index in [1.54, 1.807) is 17.0 Å². The minimum atomic E-state index is -0.284. The molecule has 3 aromatic rings. The fourth-order valence-electron chi connectivity index (χ4n) is 3.65. The fraction of sp³-hybridized carbons (Fsp3) is 0.360. The monoisotopic (exact) mass is 438 g/mol. The maximum atomic E-state index is 13.5. The van der Waals surface area contributed by atoms with Gasteiger partial charge in [-0.05, 0) is 60.2 Å². The van der Waals surface area contributed by atoms with Crippen LogP contribution >= 0.6 is 11.3 Å². The van der Waals surface area contributed by atoms with Gasteiger partial charge in [0.15, 0.2) is 5.13 Å². The van der Waals surface area contributed by atoms with Crippen molar-refractivity contribution in [3.05, 3.63) is 70.9 Å². The molecule has 6 heteroatoms. The van der Waals surface area contributed by atoms with Crippen molar-refractivity contribution in [3.63, 3.8) is 0 Å². The summed E-state index contributed by atoms with van der Waals surface area (Å²) >= 11 is 1.42. The molecule has 2 aromatic carbocycles. The summed E-state index contributed by atoms with van der Waals surface area (Å²) in [4.78, 5) is 19.9. The van der Waals surface area contributed by atoms with E-state index in [9.17, 15) is 9.18 Å². The number of thiazole rings is 1. The first kappa shape index (κ1) is 21.7. The molecule has 0 N–H and O–H groups in total. The van der Waals surface area contributed by atoms with Crippen LogP contribution in [0.5, 0.6) is 0 Å². The lowest BCUT2D eigenvalue weighted by atomic mass is 9.86. The molecule has 162 valence electrons. The van der Waals surface area contributed by atoms with E-state index in [4.69, 9.17) is 9.72 Å². The number of aromatic nitrogens is 1. The molecule has 4 nitrogen and oxygen atoms in total. The van der Waals surface area contributed by atoms with Gasteiger partial charge in [0.1, 0.15) is 5.82 Å². The van der Waals surface area contributed by atoms with E-state index in [2.05, 4.69) is 20.8 Å². The van der Waals surface area contributed by atoms with E-state index in [0.29, 0.717) is 17.2 Å². The van der Waals surface area contributed by atoms with E-state index in [-0.39, 0.29) is 23.2 Å². The van der Waals surface area contributed by atoms with Gasteiger partial charge in [-0.15, -0.1) is 11.3 Å². The fourth-order valence-corrected chi connectivity index (χ4v) is 4.49. The summed E-state index contributed by atoms with van der Waals surface area (Å²) in [6, 6.07) is 14.0. The lowest BCUT2D eigenvalue weighted by molar-refractivity contribution is 0.0917. The standard InChI is InChI=1S/C25H27FN2O2S/c1-25(2,3)19-10-6-18(7-11-19)23(29)28(15-21-5-4-14-30-21)24-27-22(16-31-24)17-8-12-20(26)13-9-17/h6-13,16,21H,4-5,14-15H2,1-3H3. The molecule has 0 radical (unpaired) electrons. The zero-order valence-electron chi connectivity index (χ0n) is 18.1. The molecule has 1 amide bonds. The Kier molecular flexibility index (Phi) is 6.21. The van der Waals surface area contributed by atoms with Crippen LogP contribution in [0.4, 0.5) is 9.52 Å². The highest BCUT2D eigenvalue weighted by Crippen LogP contribution is 2.30. The Hall–Kier alpha value is -2.57. The Bertz CT molecular complexity index is 1030. The van der Waals surface area contributed by atoms with Gasteiger partial charge in [0.05, 0.1) is 18.3 Å². The van der Waals surface area contributed by atoms with Crippen LogP contribution in [0, 0.1) is 5.82 Å². The van der Waals surface area contributed by atoms with Crippen LogP contribution in [-0.2, 0) is 10.2 Å². The van der Waals surface area contributed by atoms with Crippen LogP contribution < -0.4 is 4.90 Å². The van der Waals surface area contributed by atoms with Crippen LogP contribution in [0.1, 0.15) is 49.5 Å². The molecule has 1 aromatic heterocycles. The predicted octanol–water partition coefficient (Wildman–Crippen LogP) is 6.07. The number of anilines is 1. The van der Waals surface area contributed by atoms with Gasteiger partial charge < -0.3 is 4.74 Å². The van der Waals surface area contributed by atoms with E-state index >= 15 is 0 Å². The van der Waals surface area contributed by atoms with E-state index in [1.165, 1.54) is 29.0 Å². The van der Waals surface area contributed by atoms with Crippen molar-refractivity contribution in [2.75, 3.05) is 18.1 Å². The van der Waals surface area contributed by atoms with Crippen molar-refractivity contribution < 1.29 is 13.9 Å². The second kappa shape index (κ2) is 8.89. The molecule has 1 atom stereocenters. The van der Waals surface area contributed by atoms with Crippen LogP contribution in [0.25, 0.3) is 11.3 Å². The number of ether oxygens (including phenoxy) is 1. The summed E-state index contributed by atoms with van der Waals surface area (Å²) in [5.74, 6) is -0.371. The molecule has 0 spiro atoms. The van der Waals surface area contributed by atoms with Crippen molar-refractivity contribution in [2.24, 2.45) is 0 Å². The SMILES string of the molecule is CC(C)(C)c1ccc(C(=O)N(CC2CCCO2)c2nc(-c3ccc(F)cc3)cs2)cc1. The number of hydrogen-bond acceptors (Lipinski definition) is 4. The van der Waals surface area contributed by atoms with Crippen molar-refractivity contribution in [2.45, 2.75) is 45.1 Å². The van der Waals surface area contributed by atoms with Gasteiger partial charge in [0, 0.05) is 23.1 Å². The zero-order chi connectivity index (χ0) is 22.0. The Morgan fingerprint density at radius 2 is 1.87 bits per heavy atom. The topological polar surface area (TPSA) is 42.4 Å². The molecule has 1 unspecified atom stereocenters. The lowest BCUT2D eigenvalue weighted by Crippen LogP contribution is -2.37. The zero-order valence-corrected chi connectivity index (χ0v) is 18.9. The Labute approximate surface area is 186 Å². The van der Waals surface area contributed by atoms with Gasteiger partial charge in [0.2, 0.25) is 0 Å².